The van der Waals surface area contributed by atoms with Crippen molar-refractivity contribution in [2.45, 2.75) is 19.3 Å². The first kappa shape index (κ1) is 17.5. The first-order valence-electron chi connectivity index (χ1n) is 7.17. The second kappa shape index (κ2) is 7.31. The van der Waals surface area contributed by atoms with Crippen molar-refractivity contribution in [3.63, 3.8) is 0 Å². The number of amides is 1. The summed E-state index contributed by atoms with van der Waals surface area (Å²) in [6, 6.07) is 4.77. The van der Waals surface area contributed by atoms with Gasteiger partial charge >= 0.3 is 5.97 Å². The third-order valence-electron chi connectivity index (χ3n) is 3.55. The minimum Gasteiger partial charge on any atom is -0.451 e. The summed E-state index contributed by atoms with van der Waals surface area (Å²) in [7, 11) is 0. The van der Waals surface area contributed by atoms with Crippen LogP contribution in [0.4, 0.5) is 5.69 Å². The molecule has 0 saturated heterocycles. The van der Waals surface area contributed by atoms with Gasteiger partial charge in [0.15, 0.2) is 6.61 Å². The zero-order valence-corrected chi connectivity index (χ0v) is 15.4. The molecule has 0 fully saturated rings. The lowest BCUT2D eigenvalue weighted by atomic mass is 10.2. The lowest BCUT2D eigenvalue weighted by molar-refractivity contribution is -0.119. The van der Waals surface area contributed by atoms with Crippen LogP contribution in [0.5, 0.6) is 0 Å². The fourth-order valence-electron chi connectivity index (χ4n) is 2.47. The second-order valence-corrected chi connectivity index (χ2v) is 7.67. The molecule has 0 atom stereocenters. The van der Waals surface area contributed by atoms with Gasteiger partial charge in [-0.2, -0.15) is 0 Å². The molecule has 1 N–H and O–H groups in total. The molecule has 0 spiro atoms. The number of hydrogen-bond donors (Lipinski definition) is 1. The molecule has 1 amide bonds. The average Bonchev–Trinajstić information content (AvgIpc) is 3.09. The number of thiophene rings is 1. The molecule has 2 aromatic rings. The SMILES string of the molecule is O=C(COC(=O)c1cc2c(s1)CCC2)Nc1c(Cl)cc(Cl)cc1Cl. The highest BCUT2D eigenvalue weighted by atomic mass is 35.5. The van der Waals surface area contributed by atoms with Gasteiger partial charge in [-0.3, -0.25) is 4.79 Å². The number of nitrogens with one attached hydrogen (secondary N) is 1. The standard InChI is InChI=1S/C16H12Cl3NO3S/c17-9-5-10(18)15(11(19)6-9)20-14(21)7-23-16(22)13-4-8-2-1-3-12(8)24-13/h4-6H,1-3,7H2,(H,20,21). The summed E-state index contributed by atoms with van der Waals surface area (Å²) in [5, 5.41) is 3.30. The summed E-state index contributed by atoms with van der Waals surface area (Å²) in [5.41, 5.74) is 1.44. The Bertz CT molecular complexity index is 774. The van der Waals surface area contributed by atoms with E-state index in [-0.39, 0.29) is 15.7 Å². The number of anilines is 1. The number of fused-ring (bicyclic) bond motifs is 1. The topological polar surface area (TPSA) is 55.4 Å². The molecule has 1 aromatic heterocycles. The maximum atomic E-state index is 12.0. The van der Waals surface area contributed by atoms with E-state index >= 15 is 0 Å². The number of halogens is 3. The highest BCUT2D eigenvalue weighted by Crippen LogP contribution is 2.34. The molecule has 0 bridgehead atoms. The molecule has 1 heterocycles. The minimum atomic E-state index is -0.529. The molecule has 126 valence electrons. The second-order valence-electron chi connectivity index (χ2n) is 5.28. The number of aryl methyl sites for hydroxylation is 2. The Kier molecular flexibility index (Phi) is 5.35. The molecule has 0 saturated carbocycles. The van der Waals surface area contributed by atoms with Crippen molar-refractivity contribution in [3.05, 3.63) is 48.6 Å². The Labute approximate surface area is 157 Å². The molecule has 1 aromatic carbocycles. The first-order chi connectivity index (χ1) is 11.4. The number of esters is 1. The van der Waals surface area contributed by atoms with Crippen molar-refractivity contribution in [2.75, 3.05) is 11.9 Å². The van der Waals surface area contributed by atoms with Gasteiger partial charge in [-0.1, -0.05) is 34.8 Å². The van der Waals surface area contributed by atoms with Crippen molar-refractivity contribution in [3.8, 4) is 0 Å². The number of carbonyl (C=O) groups is 2. The van der Waals surface area contributed by atoms with Gasteiger partial charge in [0.05, 0.1) is 15.7 Å². The van der Waals surface area contributed by atoms with E-state index in [1.165, 1.54) is 33.9 Å². The zero-order chi connectivity index (χ0) is 17.3. The molecular weight excluding hydrogens is 393 g/mol. The molecule has 0 unspecified atom stereocenters. The zero-order valence-electron chi connectivity index (χ0n) is 12.3. The van der Waals surface area contributed by atoms with Gasteiger partial charge in [0.25, 0.3) is 5.91 Å². The van der Waals surface area contributed by atoms with Gasteiger partial charge in [0, 0.05) is 9.90 Å². The van der Waals surface area contributed by atoms with Crippen LogP contribution >= 0.6 is 46.1 Å². The van der Waals surface area contributed by atoms with Crippen molar-refractivity contribution in [1.29, 1.82) is 0 Å². The number of carbonyl (C=O) groups excluding carboxylic acids is 2. The van der Waals surface area contributed by atoms with Crippen molar-refractivity contribution < 1.29 is 14.3 Å². The molecule has 0 aliphatic heterocycles. The largest absolute Gasteiger partial charge is 0.451 e. The summed E-state index contributed by atoms with van der Waals surface area (Å²) in [4.78, 5) is 25.7. The third kappa shape index (κ3) is 3.86. The fraction of sp³-hybridized carbons (Fsp3) is 0.250. The van der Waals surface area contributed by atoms with E-state index in [0.717, 1.165) is 19.3 Å². The summed E-state index contributed by atoms with van der Waals surface area (Å²) >= 11 is 19.2. The molecule has 4 nitrogen and oxygen atoms in total. The Morgan fingerprint density at radius 2 is 1.83 bits per heavy atom. The van der Waals surface area contributed by atoms with Crippen LogP contribution in [0.15, 0.2) is 18.2 Å². The quantitative estimate of drug-likeness (QED) is 0.730. The Morgan fingerprint density at radius 3 is 2.50 bits per heavy atom. The van der Waals surface area contributed by atoms with Crippen LogP contribution in [0.1, 0.15) is 26.5 Å². The van der Waals surface area contributed by atoms with Crippen LogP contribution < -0.4 is 5.32 Å². The lowest BCUT2D eigenvalue weighted by Gasteiger charge is -2.10. The van der Waals surface area contributed by atoms with E-state index in [1.807, 2.05) is 6.07 Å². The van der Waals surface area contributed by atoms with E-state index in [1.54, 1.807) is 0 Å². The number of hydrogen-bond acceptors (Lipinski definition) is 4. The van der Waals surface area contributed by atoms with Gasteiger partial charge in [0.1, 0.15) is 4.88 Å². The Hall–Kier alpha value is -1.27. The van der Waals surface area contributed by atoms with E-state index in [2.05, 4.69) is 5.32 Å². The molecule has 24 heavy (non-hydrogen) atoms. The smallest absolute Gasteiger partial charge is 0.348 e. The number of benzene rings is 1. The van der Waals surface area contributed by atoms with Crippen LogP contribution in [0.25, 0.3) is 0 Å². The van der Waals surface area contributed by atoms with Crippen LogP contribution in [-0.2, 0) is 22.4 Å². The van der Waals surface area contributed by atoms with Gasteiger partial charge in [-0.25, -0.2) is 4.79 Å². The van der Waals surface area contributed by atoms with Gasteiger partial charge in [0.2, 0.25) is 0 Å². The highest BCUT2D eigenvalue weighted by Gasteiger charge is 2.20. The predicted octanol–water partition coefficient (Wildman–Crippen LogP) is 4.99. The number of rotatable bonds is 4. The normalized spacial score (nSPS) is 12.8. The molecule has 3 rings (SSSR count). The summed E-state index contributed by atoms with van der Waals surface area (Å²) < 4.78 is 5.05. The van der Waals surface area contributed by atoms with Gasteiger partial charge in [-0.15, -0.1) is 11.3 Å². The van der Waals surface area contributed by atoms with Crippen LogP contribution in [0, 0.1) is 0 Å². The van der Waals surface area contributed by atoms with Gasteiger partial charge < -0.3 is 10.1 Å². The molecule has 0 radical (unpaired) electrons. The van der Waals surface area contributed by atoms with E-state index in [0.29, 0.717) is 9.90 Å². The van der Waals surface area contributed by atoms with E-state index in [4.69, 9.17) is 39.5 Å². The molecular formula is C16H12Cl3NO3S. The van der Waals surface area contributed by atoms with E-state index in [9.17, 15) is 9.59 Å². The molecule has 1 aliphatic rings. The number of ether oxygens (including phenoxy) is 1. The summed E-state index contributed by atoms with van der Waals surface area (Å²) in [5.74, 6) is -1.03. The Balaban J connectivity index is 1.58. The monoisotopic (exact) mass is 403 g/mol. The average molecular weight is 405 g/mol. The summed E-state index contributed by atoms with van der Waals surface area (Å²) in [6.45, 7) is -0.420. The predicted molar refractivity (Wildman–Crippen MR) is 96.7 cm³/mol. The van der Waals surface area contributed by atoms with Crippen LogP contribution in [-0.4, -0.2) is 18.5 Å². The van der Waals surface area contributed by atoms with Crippen LogP contribution in [0.3, 0.4) is 0 Å². The molecule has 1 aliphatic carbocycles. The fourth-order valence-corrected chi connectivity index (χ4v) is 4.53. The maximum Gasteiger partial charge on any atom is 0.348 e. The maximum absolute atomic E-state index is 12.0. The summed E-state index contributed by atoms with van der Waals surface area (Å²) in [6.07, 6.45) is 3.12. The first-order valence-corrected chi connectivity index (χ1v) is 9.12. The van der Waals surface area contributed by atoms with Gasteiger partial charge in [-0.05, 0) is 43.0 Å². The lowest BCUT2D eigenvalue weighted by Crippen LogP contribution is -2.21. The van der Waals surface area contributed by atoms with Crippen molar-refractivity contribution >= 4 is 63.7 Å². The Morgan fingerprint density at radius 1 is 1.12 bits per heavy atom. The minimum absolute atomic E-state index is 0.210. The molecule has 8 heteroatoms. The third-order valence-corrected chi connectivity index (χ3v) is 5.58. The van der Waals surface area contributed by atoms with Crippen molar-refractivity contribution in [1.82, 2.24) is 0 Å². The van der Waals surface area contributed by atoms with E-state index < -0.39 is 18.5 Å². The van der Waals surface area contributed by atoms with Crippen LogP contribution in [0.2, 0.25) is 15.1 Å². The highest BCUT2D eigenvalue weighted by molar-refractivity contribution is 7.14. The van der Waals surface area contributed by atoms with Crippen molar-refractivity contribution in [2.24, 2.45) is 0 Å².